The number of likely N-dealkylation sites (N-methyl/N-ethyl adjacent to an activating group) is 1. The number of aryl methyl sites for hydroxylation is 1. The zero-order valence-electron chi connectivity index (χ0n) is 17.1. The molecule has 0 aliphatic carbocycles. The van der Waals surface area contributed by atoms with Crippen LogP contribution < -0.4 is 15.0 Å². The Morgan fingerprint density at radius 1 is 1.17 bits per heavy atom. The van der Waals surface area contributed by atoms with Crippen molar-refractivity contribution in [3.8, 4) is 5.75 Å². The first kappa shape index (κ1) is 20.0. The summed E-state index contributed by atoms with van der Waals surface area (Å²) in [6.07, 6.45) is 0.639. The van der Waals surface area contributed by atoms with Crippen molar-refractivity contribution >= 4 is 28.9 Å². The molecule has 2 aromatic carbocycles. The fraction of sp³-hybridized carbons (Fsp3) is 0.435. The highest BCUT2D eigenvalue weighted by Gasteiger charge is 2.26. The van der Waals surface area contributed by atoms with Crippen LogP contribution in [0.5, 0.6) is 5.75 Å². The van der Waals surface area contributed by atoms with Gasteiger partial charge < -0.3 is 19.9 Å². The van der Waals surface area contributed by atoms with E-state index in [1.165, 1.54) is 5.69 Å². The van der Waals surface area contributed by atoms with E-state index in [9.17, 15) is 4.79 Å². The molecule has 1 saturated heterocycles. The number of benzene rings is 2. The number of piperazine rings is 1. The molecule has 2 heterocycles. The van der Waals surface area contributed by atoms with Crippen molar-refractivity contribution in [3.05, 3.63) is 52.5 Å². The van der Waals surface area contributed by atoms with Crippen molar-refractivity contribution in [1.82, 2.24) is 4.90 Å². The van der Waals surface area contributed by atoms with E-state index in [1.807, 2.05) is 31.2 Å². The number of nitrogens with one attached hydrogen (secondary N) is 1. The van der Waals surface area contributed by atoms with Gasteiger partial charge in [-0.1, -0.05) is 18.5 Å². The lowest BCUT2D eigenvalue weighted by Crippen LogP contribution is -2.46. The molecule has 1 amide bonds. The second-order valence-electron chi connectivity index (χ2n) is 7.87. The topological polar surface area (TPSA) is 44.8 Å². The van der Waals surface area contributed by atoms with Gasteiger partial charge in [-0.3, -0.25) is 4.79 Å². The van der Waals surface area contributed by atoms with Gasteiger partial charge in [-0.25, -0.2) is 0 Å². The quantitative estimate of drug-likeness (QED) is 0.823. The molecule has 0 spiro atoms. The summed E-state index contributed by atoms with van der Waals surface area (Å²) in [4.78, 5) is 17.7. The number of carbonyl (C=O) groups excluding carboxylic acids is 1. The van der Waals surface area contributed by atoms with Gasteiger partial charge >= 0.3 is 0 Å². The van der Waals surface area contributed by atoms with Crippen molar-refractivity contribution in [2.24, 2.45) is 5.92 Å². The van der Waals surface area contributed by atoms with Gasteiger partial charge in [0.25, 0.3) is 0 Å². The molecule has 2 aliphatic heterocycles. The van der Waals surface area contributed by atoms with Gasteiger partial charge in [0.2, 0.25) is 5.91 Å². The number of nitrogens with zero attached hydrogens (tertiary/aromatic N) is 2. The molecule has 1 atom stereocenters. The predicted molar refractivity (Wildman–Crippen MR) is 118 cm³/mol. The lowest BCUT2D eigenvalue weighted by atomic mass is 9.96. The van der Waals surface area contributed by atoms with Crippen LogP contribution in [0.15, 0.2) is 36.4 Å². The van der Waals surface area contributed by atoms with Crippen LogP contribution in [0.25, 0.3) is 0 Å². The van der Waals surface area contributed by atoms with Crippen LogP contribution in [0.3, 0.4) is 0 Å². The number of hydrogen-bond donors (Lipinski definition) is 1. The van der Waals surface area contributed by atoms with E-state index in [4.69, 9.17) is 16.3 Å². The first-order valence-electron chi connectivity index (χ1n) is 10.3. The van der Waals surface area contributed by atoms with Crippen molar-refractivity contribution in [2.45, 2.75) is 20.3 Å². The number of anilines is 2. The molecule has 2 aromatic rings. The molecule has 0 aromatic heterocycles. The first-order chi connectivity index (χ1) is 14.0. The van der Waals surface area contributed by atoms with Gasteiger partial charge in [-0.15, -0.1) is 0 Å². The number of ether oxygens (including phenoxy) is 1. The van der Waals surface area contributed by atoms with Crippen molar-refractivity contribution in [2.75, 3.05) is 49.5 Å². The normalized spacial score (nSPS) is 19.4. The van der Waals surface area contributed by atoms with E-state index in [0.717, 1.165) is 55.3 Å². The lowest BCUT2D eigenvalue weighted by molar-refractivity contribution is -0.121. The Morgan fingerprint density at radius 3 is 2.69 bits per heavy atom. The van der Waals surface area contributed by atoms with E-state index in [1.54, 1.807) is 0 Å². The molecule has 0 radical (unpaired) electrons. The van der Waals surface area contributed by atoms with E-state index in [2.05, 4.69) is 34.2 Å². The average Bonchev–Trinajstić information content (AvgIpc) is 2.74. The Bertz CT molecular complexity index is 894. The Kier molecular flexibility index (Phi) is 5.97. The van der Waals surface area contributed by atoms with E-state index >= 15 is 0 Å². The molecule has 1 unspecified atom stereocenters. The number of carbonyl (C=O) groups is 1. The van der Waals surface area contributed by atoms with Gasteiger partial charge in [0.1, 0.15) is 12.4 Å². The van der Waals surface area contributed by atoms with Crippen molar-refractivity contribution in [1.29, 1.82) is 0 Å². The van der Waals surface area contributed by atoms with Gasteiger partial charge in [0.05, 0.1) is 5.92 Å². The van der Waals surface area contributed by atoms with Crippen LogP contribution in [0.4, 0.5) is 11.4 Å². The summed E-state index contributed by atoms with van der Waals surface area (Å²) in [6.45, 7) is 10.0. The molecule has 29 heavy (non-hydrogen) atoms. The molecule has 6 heteroatoms. The summed E-state index contributed by atoms with van der Waals surface area (Å²) < 4.78 is 5.77. The molecule has 5 nitrogen and oxygen atoms in total. The molecule has 1 N–H and O–H groups in total. The Morgan fingerprint density at radius 2 is 1.97 bits per heavy atom. The minimum atomic E-state index is -0.220. The maximum Gasteiger partial charge on any atom is 0.231 e. The fourth-order valence-electron chi connectivity index (χ4n) is 4.07. The Labute approximate surface area is 177 Å². The molecular formula is C23H28ClN3O2. The van der Waals surface area contributed by atoms with Crippen LogP contribution in [0.1, 0.15) is 18.1 Å². The molecule has 2 aliphatic rings. The Balaban J connectivity index is 1.40. The molecule has 0 bridgehead atoms. The first-order valence-corrected chi connectivity index (χ1v) is 10.7. The molecule has 4 rings (SSSR count). The van der Waals surface area contributed by atoms with Gasteiger partial charge in [-0.05, 0) is 67.4 Å². The molecular weight excluding hydrogens is 386 g/mol. The van der Waals surface area contributed by atoms with Gasteiger partial charge in [0.15, 0.2) is 0 Å². The smallest absolute Gasteiger partial charge is 0.231 e. The highest BCUT2D eigenvalue weighted by molar-refractivity contribution is 6.30. The fourth-order valence-corrected chi connectivity index (χ4v) is 4.27. The minimum absolute atomic E-state index is 0.0111. The maximum atomic E-state index is 12.8. The standard InChI is InChI=1S/C23H28ClN3O2/c1-3-26-8-10-27(11-9-26)20-5-6-21(16(2)12-20)25-23(28)18-13-17-14-19(24)4-7-22(17)29-15-18/h4-7,12,14,18H,3,8-11,13,15H2,1-2H3,(H,25,28). The Hall–Kier alpha value is -2.24. The lowest BCUT2D eigenvalue weighted by Gasteiger charge is -2.35. The second-order valence-corrected chi connectivity index (χ2v) is 8.31. The third-order valence-electron chi connectivity index (χ3n) is 5.95. The molecule has 0 saturated carbocycles. The SMILES string of the molecule is CCN1CCN(c2ccc(NC(=O)C3COc4ccc(Cl)cc4C3)c(C)c2)CC1. The van der Waals surface area contributed by atoms with E-state index in [-0.39, 0.29) is 11.8 Å². The average molecular weight is 414 g/mol. The highest BCUT2D eigenvalue weighted by Crippen LogP contribution is 2.31. The molecule has 154 valence electrons. The second kappa shape index (κ2) is 8.64. The number of hydrogen-bond acceptors (Lipinski definition) is 4. The van der Waals surface area contributed by atoms with Crippen LogP contribution in [0, 0.1) is 12.8 Å². The zero-order valence-corrected chi connectivity index (χ0v) is 17.8. The van der Waals surface area contributed by atoms with Crippen molar-refractivity contribution in [3.63, 3.8) is 0 Å². The van der Waals surface area contributed by atoms with Crippen LogP contribution in [-0.4, -0.2) is 50.1 Å². The van der Waals surface area contributed by atoms with Gasteiger partial charge in [0, 0.05) is 42.6 Å². The van der Waals surface area contributed by atoms with Crippen LogP contribution >= 0.6 is 11.6 Å². The summed E-state index contributed by atoms with van der Waals surface area (Å²) in [7, 11) is 0. The highest BCUT2D eigenvalue weighted by atomic mass is 35.5. The summed E-state index contributed by atoms with van der Waals surface area (Å²) in [5.41, 5.74) is 4.15. The third-order valence-corrected chi connectivity index (χ3v) is 6.19. The summed E-state index contributed by atoms with van der Waals surface area (Å²) in [6, 6.07) is 11.9. The van der Waals surface area contributed by atoms with E-state index < -0.39 is 0 Å². The largest absolute Gasteiger partial charge is 0.492 e. The molecule has 1 fully saturated rings. The van der Waals surface area contributed by atoms with Crippen LogP contribution in [0.2, 0.25) is 5.02 Å². The minimum Gasteiger partial charge on any atom is -0.492 e. The number of fused-ring (bicyclic) bond motifs is 1. The summed E-state index contributed by atoms with van der Waals surface area (Å²) in [5.74, 6) is 0.590. The maximum absolute atomic E-state index is 12.8. The van der Waals surface area contributed by atoms with Crippen LogP contribution in [-0.2, 0) is 11.2 Å². The number of halogens is 1. The zero-order chi connectivity index (χ0) is 20.4. The van der Waals surface area contributed by atoms with Crippen molar-refractivity contribution < 1.29 is 9.53 Å². The summed E-state index contributed by atoms with van der Waals surface area (Å²) in [5, 5.41) is 3.76. The van der Waals surface area contributed by atoms with Gasteiger partial charge in [-0.2, -0.15) is 0 Å². The summed E-state index contributed by atoms with van der Waals surface area (Å²) >= 11 is 6.09. The predicted octanol–water partition coefficient (Wildman–Crippen LogP) is 3.98. The number of rotatable bonds is 4. The third kappa shape index (κ3) is 4.51. The number of amides is 1. The van der Waals surface area contributed by atoms with E-state index in [0.29, 0.717) is 18.1 Å². The monoisotopic (exact) mass is 413 g/mol.